The van der Waals surface area contributed by atoms with Crippen LogP contribution >= 0.6 is 0 Å². The van der Waals surface area contributed by atoms with E-state index in [9.17, 15) is 9.59 Å². The summed E-state index contributed by atoms with van der Waals surface area (Å²) in [6.07, 6.45) is 3.60. The molecule has 1 saturated carbocycles. The van der Waals surface area contributed by atoms with Gasteiger partial charge in [-0.1, -0.05) is 53.5 Å². The van der Waals surface area contributed by atoms with Gasteiger partial charge in [0.05, 0.1) is 5.92 Å². The van der Waals surface area contributed by atoms with Crippen molar-refractivity contribution in [3.05, 3.63) is 65.5 Å². The molecule has 2 heterocycles. The van der Waals surface area contributed by atoms with Gasteiger partial charge in [-0.05, 0) is 37.5 Å². The summed E-state index contributed by atoms with van der Waals surface area (Å²) >= 11 is 0. The third kappa shape index (κ3) is 4.15. The Morgan fingerprint density at radius 2 is 2.00 bits per heavy atom. The van der Waals surface area contributed by atoms with Crippen molar-refractivity contribution in [3.8, 4) is 11.4 Å². The van der Waals surface area contributed by atoms with Crippen molar-refractivity contribution in [1.82, 2.24) is 15.5 Å². The highest BCUT2D eigenvalue weighted by molar-refractivity contribution is 6.00. The van der Waals surface area contributed by atoms with Crippen molar-refractivity contribution in [1.29, 1.82) is 0 Å². The molecule has 0 spiro atoms. The number of hydrogen-bond acceptors (Lipinski definition) is 5. The zero-order valence-corrected chi connectivity index (χ0v) is 18.1. The van der Waals surface area contributed by atoms with Crippen LogP contribution in [0.15, 0.2) is 53.1 Å². The summed E-state index contributed by atoms with van der Waals surface area (Å²) in [5, 5.41) is 7.09. The Hall–Kier alpha value is -3.48. The van der Waals surface area contributed by atoms with Crippen molar-refractivity contribution >= 4 is 17.5 Å². The number of nitrogens with zero attached hydrogens (tertiary/aromatic N) is 3. The molecule has 2 aliphatic rings. The van der Waals surface area contributed by atoms with Crippen LogP contribution in [0.25, 0.3) is 11.4 Å². The summed E-state index contributed by atoms with van der Waals surface area (Å²) in [6, 6.07) is 15.6. The van der Waals surface area contributed by atoms with Crippen molar-refractivity contribution in [2.24, 2.45) is 5.92 Å². The molecule has 1 aliphatic carbocycles. The predicted octanol–water partition coefficient (Wildman–Crippen LogP) is 3.98. The summed E-state index contributed by atoms with van der Waals surface area (Å²) in [6.45, 7) is 2.85. The molecule has 2 aromatic carbocycles. The maximum atomic E-state index is 12.7. The fourth-order valence-electron chi connectivity index (χ4n) is 4.16. The summed E-state index contributed by atoms with van der Waals surface area (Å²) in [7, 11) is 0. The van der Waals surface area contributed by atoms with E-state index in [0.29, 0.717) is 30.7 Å². The minimum absolute atomic E-state index is 0.0547. The van der Waals surface area contributed by atoms with Crippen LogP contribution in [0.4, 0.5) is 5.69 Å². The number of nitrogens with one attached hydrogen (secondary N) is 1. The molecule has 1 aliphatic heterocycles. The van der Waals surface area contributed by atoms with Gasteiger partial charge in [-0.2, -0.15) is 4.98 Å². The Balaban J connectivity index is 1.24. The molecule has 1 N–H and O–H groups in total. The summed E-state index contributed by atoms with van der Waals surface area (Å²) in [5.41, 5.74) is 3.77. The number of carbonyl (C=O) groups excluding carboxylic acids is 2. The number of carbonyl (C=O) groups is 2. The molecule has 0 bridgehead atoms. The lowest BCUT2D eigenvalue weighted by Crippen LogP contribution is -2.32. The largest absolute Gasteiger partial charge is 0.352 e. The van der Waals surface area contributed by atoms with E-state index in [4.69, 9.17) is 4.52 Å². The zero-order chi connectivity index (χ0) is 22.1. The summed E-state index contributed by atoms with van der Waals surface area (Å²) in [4.78, 5) is 31.6. The van der Waals surface area contributed by atoms with Crippen molar-refractivity contribution in [3.63, 3.8) is 0 Å². The number of aromatic nitrogens is 2. The van der Waals surface area contributed by atoms with Crippen molar-refractivity contribution < 1.29 is 14.1 Å². The second kappa shape index (κ2) is 8.57. The van der Waals surface area contributed by atoms with Crippen LogP contribution in [0, 0.1) is 12.8 Å². The molecule has 2 fully saturated rings. The van der Waals surface area contributed by atoms with Crippen LogP contribution in [0.3, 0.4) is 0 Å². The molecule has 5 rings (SSSR count). The molecule has 1 atom stereocenters. The van der Waals surface area contributed by atoms with Gasteiger partial charge < -0.3 is 14.7 Å². The highest BCUT2D eigenvalue weighted by Gasteiger charge is 2.35. The predicted molar refractivity (Wildman–Crippen MR) is 120 cm³/mol. The molecule has 2 amide bonds. The van der Waals surface area contributed by atoms with Crippen LogP contribution in [0.5, 0.6) is 0 Å². The Morgan fingerprint density at radius 1 is 1.19 bits per heavy atom. The van der Waals surface area contributed by atoms with Gasteiger partial charge in [-0.15, -0.1) is 0 Å². The number of hydrogen-bond donors (Lipinski definition) is 1. The standard InChI is InChI=1S/C25H26N4O3/c1-16-8-10-17(11-9-16)14-26-24(31)20-13-22(30)29(15-20)21-7-3-6-19(12-21)23-27-25(32-28-23)18-4-2-5-18/h3,6-12,18,20H,2,4-5,13-15H2,1H3,(H,26,31). The first kappa shape index (κ1) is 20.4. The fraction of sp³-hybridized carbons (Fsp3) is 0.360. The molecule has 7 heteroatoms. The lowest BCUT2D eigenvalue weighted by Gasteiger charge is -2.20. The average molecular weight is 431 g/mol. The third-order valence-corrected chi connectivity index (χ3v) is 6.40. The van der Waals surface area contributed by atoms with Gasteiger partial charge >= 0.3 is 0 Å². The fourth-order valence-corrected chi connectivity index (χ4v) is 4.16. The maximum Gasteiger partial charge on any atom is 0.230 e. The minimum Gasteiger partial charge on any atom is -0.352 e. The number of amides is 2. The molecule has 0 radical (unpaired) electrons. The second-order valence-electron chi connectivity index (χ2n) is 8.74. The molecular formula is C25H26N4O3. The van der Waals surface area contributed by atoms with E-state index in [-0.39, 0.29) is 24.2 Å². The molecule has 1 saturated heterocycles. The first-order valence-electron chi connectivity index (χ1n) is 11.1. The van der Waals surface area contributed by atoms with Gasteiger partial charge in [0.1, 0.15) is 0 Å². The first-order valence-corrected chi connectivity index (χ1v) is 11.1. The van der Waals surface area contributed by atoms with Gasteiger partial charge in [-0.25, -0.2) is 0 Å². The summed E-state index contributed by atoms with van der Waals surface area (Å²) < 4.78 is 5.43. The van der Waals surface area contributed by atoms with Crippen molar-refractivity contribution in [2.45, 2.75) is 45.1 Å². The smallest absolute Gasteiger partial charge is 0.230 e. The highest BCUT2D eigenvalue weighted by atomic mass is 16.5. The van der Waals surface area contributed by atoms with E-state index in [2.05, 4.69) is 15.5 Å². The van der Waals surface area contributed by atoms with Crippen LogP contribution in [-0.2, 0) is 16.1 Å². The second-order valence-corrected chi connectivity index (χ2v) is 8.74. The van der Waals surface area contributed by atoms with E-state index in [1.165, 1.54) is 12.0 Å². The topological polar surface area (TPSA) is 88.3 Å². The Labute approximate surface area is 186 Å². The number of rotatable bonds is 6. The molecule has 32 heavy (non-hydrogen) atoms. The average Bonchev–Trinajstić information content (AvgIpc) is 3.39. The molecule has 164 valence electrons. The van der Waals surface area contributed by atoms with Gasteiger partial charge in [0.15, 0.2) is 0 Å². The quantitative estimate of drug-likeness (QED) is 0.639. The van der Waals surface area contributed by atoms with Crippen LogP contribution in [0.1, 0.15) is 48.6 Å². The number of benzene rings is 2. The van der Waals surface area contributed by atoms with Crippen LogP contribution in [-0.4, -0.2) is 28.5 Å². The number of anilines is 1. The molecular weight excluding hydrogens is 404 g/mol. The van der Waals surface area contributed by atoms with Gasteiger partial charge in [-0.3, -0.25) is 9.59 Å². The van der Waals surface area contributed by atoms with E-state index < -0.39 is 0 Å². The van der Waals surface area contributed by atoms with Gasteiger partial charge in [0.2, 0.25) is 23.5 Å². The number of aryl methyl sites for hydroxylation is 1. The molecule has 7 nitrogen and oxygen atoms in total. The monoisotopic (exact) mass is 430 g/mol. The van der Waals surface area contributed by atoms with Gasteiger partial charge in [0.25, 0.3) is 0 Å². The highest BCUT2D eigenvalue weighted by Crippen LogP contribution is 2.36. The van der Waals surface area contributed by atoms with E-state index in [0.717, 1.165) is 29.7 Å². The Morgan fingerprint density at radius 3 is 2.75 bits per heavy atom. The van der Waals surface area contributed by atoms with Crippen LogP contribution < -0.4 is 10.2 Å². The van der Waals surface area contributed by atoms with E-state index >= 15 is 0 Å². The molecule has 1 aromatic heterocycles. The molecule has 3 aromatic rings. The maximum absolute atomic E-state index is 12.7. The van der Waals surface area contributed by atoms with Crippen LogP contribution in [0.2, 0.25) is 0 Å². The zero-order valence-electron chi connectivity index (χ0n) is 18.1. The SMILES string of the molecule is Cc1ccc(CNC(=O)C2CC(=O)N(c3cccc(-c4noc(C5CCC5)n4)c3)C2)cc1. The first-order chi connectivity index (χ1) is 15.6. The van der Waals surface area contributed by atoms with E-state index in [1.54, 1.807) is 4.90 Å². The van der Waals surface area contributed by atoms with Crippen molar-refractivity contribution in [2.75, 3.05) is 11.4 Å². The lowest BCUT2D eigenvalue weighted by atomic mass is 9.85. The van der Waals surface area contributed by atoms with Gasteiger partial charge in [0, 0.05) is 36.7 Å². The molecule has 1 unspecified atom stereocenters. The lowest BCUT2D eigenvalue weighted by molar-refractivity contribution is -0.126. The Kier molecular flexibility index (Phi) is 5.47. The Bertz CT molecular complexity index is 1130. The summed E-state index contributed by atoms with van der Waals surface area (Å²) in [5.74, 6) is 1.08. The van der Waals surface area contributed by atoms with E-state index in [1.807, 2.05) is 55.5 Å². The normalized spacial score (nSPS) is 18.6. The third-order valence-electron chi connectivity index (χ3n) is 6.40. The minimum atomic E-state index is -0.369.